The normalized spacial score (nSPS) is 12.2. The number of hydrogen-bond donors (Lipinski definition) is 2. The van der Waals surface area contributed by atoms with Gasteiger partial charge in [0, 0.05) is 100.0 Å². The average molecular weight is 1560 g/mol. The number of H-pyrrole nitrogens is 2. The number of aromatic nitrogens is 8. The van der Waals surface area contributed by atoms with E-state index in [-0.39, 0.29) is 0 Å². The number of ether oxygens (including phenoxy) is 16. The second-order valence-corrected chi connectivity index (χ2v) is 27.9. The van der Waals surface area contributed by atoms with Crippen LogP contribution in [0.5, 0.6) is 46.0 Å². The van der Waals surface area contributed by atoms with Gasteiger partial charge in [-0.2, -0.15) is 0 Å². The molecule has 8 aromatic carbocycles. The van der Waals surface area contributed by atoms with Crippen LogP contribution in [0.4, 0.5) is 0 Å². The molecular formula is C92H90N8O16. The fraction of sp³-hybridized carbons (Fsp3) is 0.261. The summed E-state index contributed by atoms with van der Waals surface area (Å²) in [6.07, 6.45) is 8.46. The van der Waals surface area contributed by atoms with Crippen molar-refractivity contribution in [3.05, 3.63) is 193 Å². The van der Waals surface area contributed by atoms with Crippen molar-refractivity contribution >= 4 is 134 Å². The third-order valence-corrected chi connectivity index (χ3v) is 20.8. The monoisotopic (exact) mass is 1560 g/mol. The quantitative estimate of drug-likeness (QED) is 0.0348. The molecule has 2 aliphatic heterocycles. The molecule has 7 aromatic heterocycles. The Bertz CT molecular complexity index is 5390. The highest BCUT2D eigenvalue weighted by Crippen LogP contribution is 2.46. The van der Waals surface area contributed by atoms with E-state index in [2.05, 4.69) is 174 Å². The van der Waals surface area contributed by atoms with Crippen LogP contribution in [0, 0.1) is 0 Å². The largest absolute Gasteiger partial charge is 0.491 e. The van der Waals surface area contributed by atoms with Crippen LogP contribution in [0.25, 0.3) is 156 Å². The number of methoxy groups -OCH3 is 8. The predicted molar refractivity (Wildman–Crippen MR) is 455 cm³/mol. The van der Waals surface area contributed by atoms with E-state index in [1.54, 1.807) is 56.9 Å². The summed E-state index contributed by atoms with van der Waals surface area (Å²) in [5, 5.41) is 7.35. The lowest BCUT2D eigenvalue weighted by molar-refractivity contribution is 0.146. The first-order valence-electron chi connectivity index (χ1n) is 38.6. The summed E-state index contributed by atoms with van der Waals surface area (Å²) in [5.74, 6) is 5.44. The topological polar surface area (TPSA) is 225 Å². The number of nitrogens with zero attached hydrogens (tertiary/aromatic N) is 6. The van der Waals surface area contributed by atoms with Crippen molar-refractivity contribution in [3.63, 3.8) is 0 Å². The summed E-state index contributed by atoms with van der Waals surface area (Å²) in [4.78, 5) is 20.3. The summed E-state index contributed by atoms with van der Waals surface area (Å²) in [7, 11) is 13.3. The highest BCUT2D eigenvalue weighted by molar-refractivity contribution is 6.16. The minimum Gasteiger partial charge on any atom is -0.491 e. The van der Waals surface area contributed by atoms with Gasteiger partial charge in [0.25, 0.3) is 0 Å². The van der Waals surface area contributed by atoms with Gasteiger partial charge in [0.15, 0.2) is 0 Å². The van der Waals surface area contributed by atoms with Crippen LogP contribution in [0.3, 0.4) is 0 Å². The molecule has 0 spiro atoms. The van der Waals surface area contributed by atoms with Crippen molar-refractivity contribution in [2.45, 2.75) is 0 Å². The Morgan fingerprint density at radius 1 is 0.207 bits per heavy atom. The van der Waals surface area contributed by atoms with E-state index in [9.17, 15) is 0 Å². The van der Waals surface area contributed by atoms with Crippen LogP contribution in [0.15, 0.2) is 170 Å². The zero-order valence-corrected chi connectivity index (χ0v) is 66.0. The zero-order valence-electron chi connectivity index (χ0n) is 66.0. The molecule has 24 heteroatoms. The van der Waals surface area contributed by atoms with E-state index >= 15 is 0 Å². The molecular weight excluding hydrogens is 1470 g/mol. The lowest BCUT2D eigenvalue weighted by Gasteiger charge is -2.13. The van der Waals surface area contributed by atoms with Crippen LogP contribution in [-0.4, -0.2) is 201 Å². The molecule has 2 N–H and O–H groups in total. The van der Waals surface area contributed by atoms with E-state index in [1.165, 1.54) is 0 Å². The van der Waals surface area contributed by atoms with E-state index in [0.29, 0.717) is 174 Å². The van der Waals surface area contributed by atoms with E-state index in [1.807, 2.05) is 48.5 Å². The molecule has 594 valence electrons. The number of aromatic amines is 2. The van der Waals surface area contributed by atoms with Crippen molar-refractivity contribution < 1.29 is 75.8 Å². The van der Waals surface area contributed by atoms with Crippen molar-refractivity contribution in [1.29, 1.82) is 0 Å². The van der Waals surface area contributed by atoms with E-state index in [4.69, 9.17) is 85.8 Å². The van der Waals surface area contributed by atoms with Gasteiger partial charge in [-0.25, -0.2) is 9.97 Å². The molecule has 8 bridgehead atoms. The first-order valence-corrected chi connectivity index (χ1v) is 38.6. The molecule has 0 amide bonds. The molecule has 0 atom stereocenters. The molecule has 15 aromatic rings. The second-order valence-electron chi connectivity index (χ2n) is 27.9. The van der Waals surface area contributed by atoms with Crippen LogP contribution < -0.4 is 37.9 Å². The summed E-state index contributed by atoms with van der Waals surface area (Å²) in [6.45, 7) is 6.09. The van der Waals surface area contributed by atoms with Gasteiger partial charge in [-0.05, 0) is 194 Å². The molecule has 0 aliphatic carbocycles. The molecule has 0 saturated heterocycles. The highest BCUT2D eigenvalue weighted by atomic mass is 16.5. The van der Waals surface area contributed by atoms with Crippen LogP contribution in [-0.2, 0) is 37.9 Å². The van der Waals surface area contributed by atoms with E-state index in [0.717, 1.165) is 132 Å². The Morgan fingerprint density at radius 3 is 0.509 bits per heavy atom. The standard InChI is InChI=1S/C92H90N8O16/c1-101-33-41-109-57-9-25-81-65(49-57)66-50-58(110-42-34-102-2)10-26-82(66)97(81)89-73-17-19-75(93-73)90(98-83-27-11-59(111-43-35-103-3)51-67(83)68-52-60(12-28-84(68)98)112-44-36-104-4)77-21-23-79(95-77)92(100-87-31-15-63(115-47-39-107-7)55-71(87)72-56-64(16-32-88(72)100)116-48-40-108-8)80-24-22-78(96-80)91(76-20-18-74(89)94-76)99-85-29-13-61(113-45-37-105-5)53-69(85)70-54-62(14-30-86(70)99)114-46-38-106-6/h9-32,49-56,93,96H,33-48H2,1-8H3. The lowest BCUT2D eigenvalue weighted by Crippen LogP contribution is -2.04. The molecule has 0 radical (unpaired) electrons. The molecule has 24 nitrogen and oxygen atoms in total. The van der Waals surface area contributed by atoms with Gasteiger partial charge < -0.3 is 104 Å². The maximum Gasteiger partial charge on any atom is 0.120 e. The van der Waals surface area contributed by atoms with Crippen molar-refractivity contribution in [1.82, 2.24) is 38.2 Å². The summed E-state index contributed by atoms with van der Waals surface area (Å²) in [5.41, 5.74) is 15.6. The Labute approximate surface area is 668 Å². The van der Waals surface area contributed by atoms with Gasteiger partial charge in [0.2, 0.25) is 0 Å². The third kappa shape index (κ3) is 14.8. The van der Waals surface area contributed by atoms with E-state index < -0.39 is 0 Å². The molecule has 2 aliphatic rings. The van der Waals surface area contributed by atoms with Crippen LogP contribution >= 0.6 is 0 Å². The van der Waals surface area contributed by atoms with Crippen molar-refractivity contribution in [2.75, 3.05) is 163 Å². The molecule has 116 heavy (non-hydrogen) atoms. The average Bonchev–Trinajstić information content (AvgIpc) is 1.57. The first kappa shape index (κ1) is 76.3. The minimum absolute atomic E-state index is 0.352. The van der Waals surface area contributed by atoms with Gasteiger partial charge >= 0.3 is 0 Å². The van der Waals surface area contributed by atoms with Crippen LogP contribution in [0.2, 0.25) is 0 Å². The van der Waals surface area contributed by atoms with Crippen molar-refractivity contribution in [3.8, 4) is 68.7 Å². The predicted octanol–water partition coefficient (Wildman–Crippen LogP) is 17.2. The Hall–Kier alpha value is -12.4. The Balaban J connectivity index is 1.04. The maximum atomic E-state index is 6.41. The number of fused-ring (bicyclic) bond motifs is 20. The summed E-state index contributed by atoms with van der Waals surface area (Å²) in [6, 6.07) is 58.3. The lowest BCUT2D eigenvalue weighted by atomic mass is 10.1. The molecule has 0 fully saturated rings. The number of nitrogens with one attached hydrogen (secondary N) is 2. The smallest absolute Gasteiger partial charge is 0.120 e. The van der Waals surface area contributed by atoms with Gasteiger partial charge in [-0.1, -0.05) is 0 Å². The zero-order chi connectivity index (χ0) is 79.2. The van der Waals surface area contributed by atoms with Gasteiger partial charge in [0.1, 0.15) is 98.9 Å². The molecule has 9 heterocycles. The van der Waals surface area contributed by atoms with Gasteiger partial charge in [0.05, 0.1) is 165 Å². The van der Waals surface area contributed by atoms with Crippen molar-refractivity contribution in [2.24, 2.45) is 0 Å². The third-order valence-electron chi connectivity index (χ3n) is 20.8. The molecule has 0 saturated carbocycles. The van der Waals surface area contributed by atoms with Gasteiger partial charge in [-0.3, -0.25) is 0 Å². The summed E-state index contributed by atoms with van der Waals surface area (Å²) >= 11 is 0. The fourth-order valence-electron chi connectivity index (χ4n) is 15.6. The highest BCUT2D eigenvalue weighted by Gasteiger charge is 2.28. The first-order chi connectivity index (χ1) is 57.2. The Kier molecular flexibility index (Phi) is 22.6. The number of rotatable bonds is 36. The molecule has 0 unspecified atom stereocenters. The molecule has 17 rings (SSSR count). The Morgan fingerprint density at radius 2 is 0.362 bits per heavy atom. The number of hydrogen-bond acceptors (Lipinski definition) is 18. The SMILES string of the molecule is COCCOc1ccc2c(c1)c1cc(OCCOC)ccc1n2-c1c2nc(c(-n3c4ccc(OCCOC)cc4c4cc(OCCOC)ccc43)c3ccc([nH]3)c(-n3c4ccc(OCCOC)cc4c4cc(OCCOC)ccc43)c3nc(c(-n4c5ccc(OCCOC)cc5c5cc(OCCOC)ccc54)c4ccc1[nH]4)C=C3)C=C2. The fourth-order valence-corrected chi connectivity index (χ4v) is 15.6. The number of benzene rings is 8. The summed E-state index contributed by atoms with van der Waals surface area (Å²) < 4.78 is 104. The van der Waals surface area contributed by atoms with Gasteiger partial charge in [-0.15, -0.1) is 0 Å². The van der Waals surface area contributed by atoms with Crippen LogP contribution in [0.1, 0.15) is 22.8 Å². The minimum atomic E-state index is 0.352. The second kappa shape index (κ2) is 34.4. The maximum absolute atomic E-state index is 6.41.